The van der Waals surface area contributed by atoms with Gasteiger partial charge in [-0.15, -0.1) is 0 Å². The van der Waals surface area contributed by atoms with Crippen LogP contribution in [0.15, 0.2) is 60.7 Å². The number of aliphatic carboxylic acids is 2. The predicted molar refractivity (Wildman–Crippen MR) is 178 cm³/mol. The van der Waals surface area contributed by atoms with E-state index < -0.39 is 33.1 Å². The second-order valence-corrected chi connectivity index (χ2v) is 15.3. The van der Waals surface area contributed by atoms with Crippen molar-refractivity contribution in [3.8, 4) is 0 Å². The van der Waals surface area contributed by atoms with Crippen LogP contribution in [0.2, 0.25) is 0 Å². The third-order valence-corrected chi connectivity index (χ3v) is 11.7. The molecule has 0 aliphatic rings. The Morgan fingerprint density at radius 1 is 0.659 bits per heavy atom. The first kappa shape index (κ1) is 39.9. The van der Waals surface area contributed by atoms with Gasteiger partial charge in [0.25, 0.3) is 0 Å². The maximum atomic E-state index is 10.7. The molecule has 0 heterocycles. The second kappa shape index (κ2) is 26.5. The van der Waals surface area contributed by atoms with E-state index in [9.17, 15) is 19.8 Å². The molecule has 0 saturated carbocycles. The molecule has 0 fully saturated rings. The minimum absolute atomic E-state index is 0.375. The Morgan fingerprint density at radius 2 is 1.00 bits per heavy atom. The molecule has 4 unspecified atom stereocenters. The molecule has 0 bridgehead atoms. The summed E-state index contributed by atoms with van der Waals surface area (Å²) in [5, 5.41) is 21.4. The van der Waals surface area contributed by atoms with Crippen LogP contribution >= 0.6 is 25.3 Å². The molecule has 7 heteroatoms. The van der Waals surface area contributed by atoms with Crippen molar-refractivity contribution in [3.05, 3.63) is 60.7 Å². The van der Waals surface area contributed by atoms with Gasteiger partial charge in [-0.3, -0.25) is 0 Å². The minimum atomic E-state index is -0.949. The number of carboxylic acids is 2. The number of unbranched alkanes of at least 4 members (excludes halogenated alkanes) is 2. The fraction of sp³-hybridized carbons (Fsp3) is 0.588. The molecule has 4 nitrogen and oxygen atoms in total. The third-order valence-electron chi connectivity index (χ3n) is 7.27. The molecular formula is C34H52O4S2Sn. The van der Waals surface area contributed by atoms with Crippen LogP contribution in [0, 0.1) is 23.7 Å². The van der Waals surface area contributed by atoms with E-state index in [-0.39, 0.29) is 11.8 Å². The van der Waals surface area contributed by atoms with Gasteiger partial charge in [0.15, 0.2) is 0 Å². The Morgan fingerprint density at radius 3 is 1.24 bits per heavy atom. The number of rotatable bonds is 18. The molecule has 0 aliphatic carbocycles. The molecule has 0 saturated heterocycles. The summed E-state index contributed by atoms with van der Waals surface area (Å²) in [6.45, 7) is 8.54. The molecule has 0 amide bonds. The molecule has 4 atom stereocenters. The topological polar surface area (TPSA) is 80.3 Å². The average Bonchev–Trinajstić information content (AvgIpc) is 2.99. The van der Waals surface area contributed by atoms with Gasteiger partial charge in [-0.05, 0) is 36.2 Å². The zero-order chi connectivity index (χ0) is 30.9. The van der Waals surface area contributed by atoms with Crippen molar-refractivity contribution < 1.29 is 19.8 Å². The van der Waals surface area contributed by atoms with E-state index >= 15 is 0 Å². The average molecular weight is 708 g/mol. The summed E-state index contributed by atoms with van der Waals surface area (Å²) in [7, 11) is 0. The van der Waals surface area contributed by atoms with Crippen LogP contribution in [0.3, 0.4) is 0 Å². The number of thiol groups is 2. The first-order valence-corrected chi connectivity index (χ1v) is 19.4. The summed E-state index contributed by atoms with van der Waals surface area (Å²) in [6.07, 6.45) is 10.5. The number of carboxylic acid groups (broad SMARTS) is 2. The van der Waals surface area contributed by atoms with Gasteiger partial charge < -0.3 is 19.8 Å². The first-order chi connectivity index (χ1) is 19.8. The van der Waals surface area contributed by atoms with Gasteiger partial charge in [-0.25, -0.2) is 0 Å². The van der Waals surface area contributed by atoms with Gasteiger partial charge >= 0.3 is 89.0 Å². The van der Waals surface area contributed by atoms with Gasteiger partial charge in [0.05, 0.1) is 0 Å². The molecule has 0 radical (unpaired) electrons. The third kappa shape index (κ3) is 20.4. The molecule has 2 rings (SSSR count). The van der Waals surface area contributed by atoms with Crippen molar-refractivity contribution in [2.24, 2.45) is 23.7 Å². The van der Waals surface area contributed by atoms with Gasteiger partial charge in [0.1, 0.15) is 0 Å². The van der Waals surface area contributed by atoms with Crippen LogP contribution in [-0.2, 0) is 9.59 Å². The molecule has 2 aromatic carbocycles. The zero-order valence-corrected chi connectivity index (χ0v) is 30.2. The van der Waals surface area contributed by atoms with Crippen LogP contribution < -0.4 is 17.4 Å². The van der Waals surface area contributed by atoms with Crippen molar-refractivity contribution >= 4 is 65.5 Å². The van der Waals surface area contributed by atoms with E-state index in [1.807, 2.05) is 0 Å². The van der Waals surface area contributed by atoms with Crippen LogP contribution in [0.5, 0.6) is 0 Å². The first-order valence-electron chi connectivity index (χ1n) is 15.3. The summed E-state index contributed by atoms with van der Waals surface area (Å²) in [4.78, 5) is 21.4. The summed E-state index contributed by atoms with van der Waals surface area (Å²) < 4.78 is 3.08. The number of carbonyl (C=O) groups excluding carboxylic acids is 2. The molecule has 0 N–H and O–H groups in total. The van der Waals surface area contributed by atoms with Crippen molar-refractivity contribution in [2.75, 3.05) is 11.5 Å². The van der Waals surface area contributed by atoms with Crippen LogP contribution in [0.4, 0.5) is 0 Å². The van der Waals surface area contributed by atoms with Gasteiger partial charge in [0, 0.05) is 23.8 Å². The second-order valence-electron chi connectivity index (χ2n) is 10.6. The standard InChI is InChI=1S/2C11H22O2S.2C6H5.Sn/c2*1-3-5-6-9(4-2)7-10(8-14)11(12)13;2*1-2-4-6-5-3-1;/h2*9-10,14H,3-8H2,1-2H3,(H,12,13);2*1-5H;/q;;;;+2/p-2. The van der Waals surface area contributed by atoms with Gasteiger partial charge in [0.2, 0.25) is 0 Å². The Kier molecular flexibility index (Phi) is 25.8. The van der Waals surface area contributed by atoms with Gasteiger partial charge in [-0.1, -0.05) is 79.1 Å². The molecule has 2 aromatic rings. The summed E-state index contributed by atoms with van der Waals surface area (Å²) in [6, 6.07) is 21.6. The molecule has 0 aliphatic heterocycles. The molecule has 228 valence electrons. The zero-order valence-electron chi connectivity index (χ0n) is 25.6. The number of hydrogen-bond acceptors (Lipinski definition) is 6. The predicted octanol–water partition coefficient (Wildman–Crippen LogP) is 5.12. The molecule has 0 spiro atoms. The Hall–Kier alpha value is -1.12. The summed E-state index contributed by atoms with van der Waals surface area (Å²) >= 11 is 7.56. The van der Waals surface area contributed by atoms with E-state index in [0.29, 0.717) is 23.3 Å². The number of hydrogen-bond donors (Lipinski definition) is 2. The molecule has 41 heavy (non-hydrogen) atoms. The van der Waals surface area contributed by atoms with Crippen molar-refractivity contribution in [2.45, 2.75) is 91.9 Å². The molecule has 0 aromatic heterocycles. The number of benzene rings is 2. The SMILES string of the molecule is CCCCC(CC)CC(CS)C(=O)[O-].CCCCC(CC)CC(CS)C(=O)[O-].c1cc[c]([Sn+2][c]2ccccc2)cc1. The van der Waals surface area contributed by atoms with E-state index in [2.05, 4.69) is 114 Å². The van der Waals surface area contributed by atoms with E-state index in [1.165, 1.54) is 32.8 Å². The maximum absolute atomic E-state index is 10.7. The van der Waals surface area contributed by atoms with Crippen molar-refractivity contribution in [3.63, 3.8) is 0 Å². The van der Waals surface area contributed by atoms with Gasteiger partial charge in [-0.2, -0.15) is 25.3 Å². The van der Waals surface area contributed by atoms with E-state index in [0.717, 1.165) is 38.5 Å². The Labute approximate surface area is 271 Å². The number of carbonyl (C=O) groups is 2. The Balaban J connectivity index is 0.000000585. The quantitative estimate of drug-likeness (QED) is 0.167. The van der Waals surface area contributed by atoms with Crippen LogP contribution in [0.25, 0.3) is 0 Å². The fourth-order valence-electron chi connectivity index (χ4n) is 4.47. The monoisotopic (exact) mass is 708 g/mol. The van der Waals surface area contributed by atoms with Crippen molar-refractivity contribution in [1.82, 2.24) is 0 Å². The van der Waals surface area contributed by atoms with Crippen LogP contribution in [-0.4, -0.2) is 44.6 Å². The van der Waals surface area contributed by atoms with E-state index in [1.54, 1.807) is 0 Å². The summed E-state index contributed by atoms with van der Waals surface area (Å²) in [5.74, 6) is -0.823. The van der Waals surface area contributed by atoms with Crippen molar-refractivity contribution in [1.29, 1.82) is 0 Å². The summed E-state index contributed by atoms with van der Waals surface area (Å²) in [5.41, 5.74) is 0. The molecular weight excluding hydrogens is 655 g/mol. The van der Waals surface area contributed by atoms with Crippen LogP contribution in [0.1, 0.15) is 91.9 Å². The Bertz CT molecular complexity index is 825. The fourth-order valence-corrected chi connectivity index (χ4v) is 8.07. The normalized spacial score (nSPS) is 13.2. The van der Waals surface area contributed by atoms with E-state index in [4.69, 9.17) is 0 Å².